The highest BCUT2D eigenvalue weighted by Crippen LogP contribution is 2.21. The van der Waals surface area contributed by atoms with Crippen LogP contribution in [-0.4, -0.2) is 47.9 Å². The lowest BCUT2D eigenvalue weighted by atomic mass is 9.97. The number of nitrogens with zero attached hydrogens (tertiary/aromatic N) is 2. The van der Waals surface area contributed by atoms with Crippen molar-refractivity contribution in [2.45, 2.75) is 33.1 Å². The van der Waals surface area contributed by atoms with Crippen LogP contribution < -0.4 is 11.1 Å². The van der Waals surface area contributed by atoms with E-state index in [2.05, 4.69) is 34.3 Å². The van der Waals surface area contributed by atoms with Crippen molar-refractivity contribution in [1.82, 2.24) is 15.2 Å². The molecule has 1 aliphatic heterocycles. The van der Waals surface area contributed by atoms with E-state index < -0.39 is 0 Å². The van der Waals surface area contributed by atoms with Gasteiger partial charge in [0.1, 0.15) is 0 Å². The van der Waals surface area contributed by atoms with E-state index in [1.54, 1.807) is 0 Å². The predicted molar refractivity (Wildman–Crippen MR) is 107 cm³/mol. The van der Waals surface area contributed by atoms with Gasteiger partial charge in [-0.15, -0.1) is 0 Å². The van der Waals surface area contributed by atoms with E-state index in [4.69, 9.17) is 5.73 Å². The molecule has 6 heteroatoms. The Bertz CT molecular complexity index is 849. The minimum atomic E-state index is -0.228. The summed E-state index contributed by atoms with van der Waals surface area (Å²) in [4.78, 5) is 30.9. The van der Waals surface area contributed by atoms with Gasteiger partial charge in [-0.3, -0.25) is 14.6 Å². The molecule has 0 spiro atoms. The summed E-state index contributed by atoms with van der Waals surface area (Å²) in [6, 6.07) is 7.94. The maximum Gasteiger partial charge on any atom is 0.252 e. The molecule has 0 bridgehead atoms. The van der Waals surface area contributed by atoms with Gasteiger partial charge in [0.05, 0.1) is 17.0 Å². The van der Waals surface area contributed by atoms with Crippen molar-refractivity contribution in [3.8, 4) is 0 Å². The monoisotopic (exact) mass is 368 g/mol. The molecule has 0 radical (unpaired) electrons. The topological polar surface area (TPSA) is 88.3 Å². The first-order valence-corrected chi connectivity index (χ1v) is 9.68. The number of hydrogen-bond donors (Lipinski definition) is 2. The number of pyridine rings is 1. The van der Waals surface area contributed by atoms with Gasteiger partial charge in [0.2, 0.25) is 5.91 Å². The fourth-order valence-electron chi connectivity index (χ4n) is 3.73. The van der Waals surface area contributed by atoms with E-state index in [0.29, 0.717) is 18.7 Å². The summed E-state index contributed by atoms with van der Waals surface area (Å²) in [5.41, 5.74) is 8.96. The SMILES string of the molecule is CCc1ccc2nc(C)cc(C(=O)NCCN3CCC[C@H](C(N)=O)C3)c2c1. The molecule has 3 rings (SSSR count). The molecule has 0 saturated carbocycles. The number of rotatable bonds is 6. The number of nitrogens with one attached hydrogen (secondary N) is 1. The fraction of sp³-hybridized carbons (Fsp3) is 0.476. The first kappa shape index (κ1) is 19.3. The Labute approximate surface area is 160 Å². The van der Waals surface area contributed by atoms with Crippen LogP contribution in [0.4, 0.5) is 0 Å². The zero-order chi connectivity index (χ0) is 19.4. The summed E-state index contributed by atoms with van der Waals surface area (Å²) in [6.07, 6.45) is 2.75. The largest absolute Gasteiger partial charge is 0.369 e. The van der Waals surface area contributed by atoms with Gasteiger partial charge in [-0.2, -0.15) is 0 Å². The summed E-state index contributed by atoms with van der Waals surface area (Å²) in [5, 5.41) is 3.92. The Hall–Kier alpha value is -2.47. The molecule has 27 heavy (non-hydrogen) atoms. The van der Waals surface area contributed by atoms with E-state index >= 15 is 0 Å². The highest BCUT2D eigenvalue weighted by Gasteiger charge is 2.23. The molecule has 1 fully saturated rings. The normalized spacial score (nSPS) is 17.8. The van der Waals surface area contributed by atoms with E-state index in [1.165, 1.54) is 5.56 Å². The van der Waals surface area contributed by atoms with E-state index in [0.717, 1.165) is 48.9 Å². The predicted octanol–water partition coefficient (Wildman–Crippen LogP) is 2.03. The molecule has 0 unspecified atom stereocenters. The molecule has 2 aromatic rings. The maximum atomic E-state index is 12.8. The Balaban J connectivity index is 1.66. The number of aryl methyl sites for hydroxylation is 2. The van der Waals surface area contributed by atoms with Gasteiger partial charge >= 0.3 is 0 Å². The number of piperidine rings is 1. The number of carbonyl (C=O) groups excluding carboxylic acids is 2. The van der Waals surface area contributed by atoms with Crippen molar-refractivity contribution in [1.29, 1.82) is 0 Å². The lowest BCUT2D eigenvalue weighted by molar-refractivity contribution is -0.123. The summed E-state index contributed by atoms with van der Waals surface area (Å²) in [5.74, 6) is -0.384. The third-order valence-corrected chi connectivity index (χ3v) is 5.28. The van der Waals surface area contributed by atoms with Crippen molar-refractivity contribution in [2.24, 2.45) is 11.7 Å². The quantitative estimate of drug-likeness (QED) is 0.817. The average Bonchev–Trinajstić information content (AvgIpc) is 2.67. The van der Waals surface area contributed by atoms with Crippen LogP contribution in [0.25, 0.3) is 10.9 Å². The summed E-state index contributed by atoms with van der Waals surface area (Å²) in [7, 11) is 0. The molecule has 6 nitrogen and oxygen atoms in total. The van der Waals surface area contributed by atoms with Crippen LogP contribution in [0.5, 0.6) is 0 Å². The number of fused-ring (bicyclic) bond motifs is 1. The number of aromatic nitrogens is 1. The van der Waals surface area contributed by atoms with Crippen LogP contribution >= 0.6 is 0 Å². The molecule has 2 amide bonds. The van der Waals surface area contributed by atoms with E-state index in [-0.39, 0.29) is 17.7 Å². The number of nitrogens with two attached hydrogens (primary N) is 1. The number of carbonyl (C=O) groups is 2. The molecule has 1 aromatic carbocycles. The smallest absolute Gasteiger partial charge is 0.252 e. The lowest BCUT2D eigenvalue weighted by Gasteiger charge is -2.31. The second kappa shape index (κ2) is 8.48. The molecular formula is C21H28N4O2. The van der Waals surface area contributed by atoms with Gasteiger partial charge < -0.3 is 16.0 Å². The standard InChI is InChI=1S/C21H28N4O2/c1-3-15-6-7-19-17(12-15)18(11-14(2)24-19)21(27)23-8-10-25-9-4-5-16(13-25)20(22)26/h6-7,11-12,16H,3-5,8-10,13H2,1-2H3,(H2,22,26)(H,23,27)/t16-/m0/s1. The number of hydrogen-bond acceptors (Lipinski definition) is 4. The van der Waals surface area contributed by atoms with Gasteiger partial charge in [0.15, 0.2) is 0 Å². The first-order chi connectivity index (χ1) is 13.0. The molecular weight excluding hydrogens is 340 g/mol. The van der Waals surface area contributed by atoms with Gasteiger partial charge in [-0.25, -0.2) is 0 Å². The Morgan fingerprint density at radius 1 is 1.33 bits per heavy atom. The van der Waals surface area contributed by atoms with E-state index in [9.17, 15) is 9.59 Å². The van der Waals surface area contributed by atoms with Crippen LogP contribution in [0.3, 0.4) is 0 Å². The van der Waals surface area contributed by atoms with Crippen molar-refractivity contribution >= 4 is 22.7 Å². The van der Waals surface area contributed by atoms with Gasteiger partial charge in [-0.1, -0.05) is 13.0 Å². The van der Waals surface area contributed by atoms with E-state index in [1.807, 2.05) is 19.1 Å². The van der Waals surface area contributed by atoms with Crippen LogP contribution in [0.15, 0.2) is 24.3 Å². The molecule has 2 heterocycles. The Morgan fingerprint density at radius 2 is 2.15 bits per heavy atom. The number of benzene rings is 1. The summed E-state index contributed by atoms with van der Waals surface area (Å²) in [6.45, 7) is 6.89. The third-order valence-electron chi connectivity index (χ3n) is 5.28. The zero-order valence-corrected chi connectivity index (χ0v) is 16.1. The number of primary amides is 1. The average molecular weight is 368 g/mol. The Morgan fingerprint density at radius 3 is 2.89 bits per heavy atom. The van der Waals surface area contributed by atoms with Gasteiger partial charge in [0.25, 0.3) is 5.91 Å². The number of amides is 2. The molecule has 1 aliphatic rings. The highest BCUT2D eigenvalue weighted by molar-refractivity contribution is 6.06. The zero-order valence-electron chi connectivity index (χ0n) is 16.1. The van der Waals surface area contributed by atoms with Gasteiger partial charge in [-0.05, 0) is 56.5 Å². The molecule has 144 valence electrons. The molecule has 1 aromatic heterocycles. The van der Waals surface area contributed by atoms with Crippen molar-refractivity contribution in [2.75, 3.05) is 26.2 Å². The molecule has 1 atom stereocenters. The van der Waals surface area contributed by atoms with Crippen LogP contribution in [0.1, 0.15) is 41.4 Å². The van der Waals surface area contributed by atoms with Crippen molar-refractivity contribution in [3.63, 3.8) is 0 Å². The van der Waals surface area contributed by atoms with Crippen LogP contribution in [0, 0.1) is 12.8 Å². The molecule has 0 aliphatic carbocycles. The van der Waals surface area contributed by atoms with Crippen molar-refractivity contribution < 1.29 is 9.59 Å². The first-order valence-electron chi connectivity index (χ1n) is 9.68. The number of likely N-dealkylation sites (tertiary alicyclic amines) is 1. The van der Waals surface area contributed by atoms with Gasteiger partial charge in [0, 0.05) is 30.7 Å². The summed E-state index contributed by atoms with van der Waals surface area (Å²) >= 11 is 0. The maximum absolute atomic E-state index is 12.8. The second-order valence-electron chi connectivity index (χ2n) is 7.31. The third kappa shape index (κ3) is 4.63. The highest BCUT2D eigenvalue weighted by atomic mass is 16.2. The van der Waals surface area contributed by atoms with Crippen molar-refractivity contribution in [3.05, 3.63) is 41.1 Å². The minimum Gasteiger partial charge on any atom is -0.369 e. The minimum absolute atomic E-state index is 0.0753. The Kier molecular flexibility index (Phi) is 6.06. The molecule has 1 saturated heterocycles. The van der Waals surface area contributed by atoms with Crippen LogP contribution in [-0.2, 0) is 11.2 Å². The fourth-order valence-corrected chi connectivity index (χ4v) is 3.73. The van der Waals surface area contributed by atoms with Crippen LogP contribution in [0.2, 0.25) is 0 Å². The lowest BCUT2D eigenvalue weighted by Crippen LogP contribution is -2.44. The summed E-state index contributed by atoms with van der Waals surface area (Å²) < 4.78 is 0. The molecule has 3 N–H and O–H groups in total. The second-order valence-corrected chi connectivity index (χ2v) is 7.31.